The zero-order valence-corrected chi connectivity index (χ0v) is 16.3. The Labute approximate surface area is 164 Å². The summed E-state index contributed by atoms with van der Waals surface area (Å²) >= 11 is 3.41. The summed E-state index contributed by atoms with van der Waals surface area (Å²) in [6.07, 6.45) is 0. The topological polar surface area (TPSA) is 35.1 Å². The summed E-state index contributed by atoms with van der Waals surface area (Å²) < 4.78 is 9.22. The Morgan fingerprint density at radius 3 is 2.56 bits per heavy atom. The molecule has 27 heavy (non-hydrogen) atoms. The lowest BCUT2D eigenvalue weighted by atomic mass is 10.1. The summed E-state index contributed by atoms with van der Waals surface area (Å²) in [7, 11) is 0. The zero-order chi connectivity index (χ0) is 18.5. The van der Waals surface area contributed by atoms with Gasteiger partial charge in [0, 0.05) is 44.5 Å². The number of rotatable bonds is 2. The van der Waals surface area contributed by atoms with Gasteiger partial charge in [0.05, 0.1) is 5.39 Å². The molecule has 0 bridgehead atoms. The minimum atomic E-state index is -0.0383. The molecule has 5 aromatic rings. The molecule has 3 nitrogen and oxygen atoms in total. The summed E-state index contributed by atoms with van der Waals surface area (Å²) in [4.78, 5) is 12.6. The first-order valence-corrected chi connectivity index (χ1v) is 9.70. The fraction of sp³-hybridized carbons (Fsp3) is 0.0870. The van der Waals surface area contributed by atoms with Crippen molar-refractivity contribution in [3.8, 4) is 11.3 Å². The number of aryl methyl sites for hydroxylation is 1. The van der Waals surface area contributed by atoms with Crippen LogP contribution in [0.1, 0.15) is 6.92 Å². The van der Waals surface area contributed by atoms with Crippen LogP contribution in [0.3, 0.4) is 0 Å². The van der Waals surface area contributed by atoms with E-state index in [1.807, 2.05) is 18.2 Å². The fourth-order valence-corrected chi connectivity index (χ4v) is 4.18. The summed E-state index contributed by atoms with van der Waals surface area (Å²) in [6.45, 7) is 3.06. The Kier molecular flexibility index (Phi) is 3.69. The molecule has 0 saturated carbocycles. The highest BCUT2D eigenvalue weighted by atomic mass is 79.9. The molecule has 0 radical (unpaired) electrons. The van der Waals surface area contributed by atoms with Gasteiger partial charge >= 0.3 is 0 Å². The number of hydrogen-bond acceptors (Lipinski definition) is 2. The summed E-state index contributed by atoms with van der Waals surface area (Å²) in [5.41, 5.74) is 3.87. The monoisotopic (exact) mass is 417 g/mol. The van der Waals surface area contributed by atoms with Gasteiger partial charge in [-0.3, -0.25) is 4.79 Å². The number of benzene rings is 3. The van der Waals surface area contributed by atoms with Crippen molar-refractivity contribution in [3.05, 3.63) is 81.4 Å². The molecular formula is C23H16BrNO2. The van der Waals surface area contributed by atoms with Crippen LogP contribution in [0.5, 0.6) is 0 Å². The van der Waals surface area contributed by atoms with E-state index in [0.717, 1.165) is 16.6 Å². The second-order valence-corrected chi connectivity index (χ2v) is 7.52. The molecule has 0 aliphatic heterocycles. The summed E-state index contributed by atoms with van der Waals surface area (Å²) in [6, 6.07) is 21.7. The van der Waals surface area contributed by atoms with E-state index in [0.29, 0.717) is 16.7 Å². The molecule has 132 valence electrons. The molecule has 0 spiro atoms. The van der Waals surface area contributed by atoms with Crippen molar-refractivity contribution >= 4 is 48.7 Å². The Bertz CT molecular complexity index is 1390. The van der Waals surface area contributed by atoms with Gasteiger partial charge in [-0.15, -0.1) is 0 Å². The van der Waals surface area contributed by atoms with Crippen LogP contribution in [-0.2, 0) is 6.54 Å². The molecule has 4 heteroatoms. The molecule has 5 rings (SSSR count). The van der Waals surface area contributed by atoms with Gasteiger partial charge in [-0.1, -0.05) is 34.1 Å². The third-order valence-electron chi connectivity index (χ3n) is 5.06. The second kappa shape index (κ2) is 6.10. The smallest absolute Gasteiger partial charge is 0.193 e. The molecule has 0 aliphatic rings. The standard InChI is InChI=1S/C23H16BrNO2/c1-2-25-19-6-4-3-5-16(19)17-11-14(7-9-20(17)25)23-13-21(26)18-12-15(24)8-10-22(18)27-23/h3-13H,2H2,1H3. The Hall–Kier alpha value is -2.85. The number of fused-ring (bicyclic) bond motifs is 4. The van der Waals surface area contributed by atoms with Gasteiger partial charge in [0.2, 0.25) is 0 Å². The van der Waals surface area contributed by atoms with Gasteiger partial charge < -0.3 is 8.98 Å². The molecule has 0 N–H and O–H groups in total. The van der Waals surface area contributed by atoms with Gasteiger partial charge in [-0.05, 0) is 49.4 Å². The van der Waals surface area contributed by atoms with Crippen molar-refractivity contribution in [2.75, 3.05) is 0 Å². The second-order valence-electron chi connectivity index (χ2n) is 6.61. The predicted octanol–water partition coefficient (Wildman–Crippen LogP) is 6.35. The van der Waals surface area contributed by atoms with Crippen LogP contribution in [0.4, 0.5) is 0 Å². The highest BCUT2D eigenvalue weighted by molar-refractivity contribution is 9.10. The highest BCUT2D eigenvalue weighted by Gasteiger charge is 2.12. The molecule has 0 atom stereocenters. The Morgan fingerprint density at radius 1 is 0.889 bits per heavy atom. The zero-order valence-electron chi connectivity index (χ0n) is 14.7. The van der Waals surface area contributed by atoms with E-state index < -0.39 is 0 Å². The lowest BCUT2D eigenvalue weighted by Crippen LogP contribution is -2.00. The van der Waals surface area contributed by atoms with Crippen molar-refractivity contribution in [3.63, 3.8) is 0 Å². The molecule has 0 aliphatic carbocycles. The maximum atomic E-state index is 12.6. The van der Waals surface area contributed by atoms with Gasteiger partial charge in [0.1, 0.15) is 11.3 Å². The van der Waals surface area contributed by atoms with E-state index >= 15 is 0 Å². The van der Waals surface area contributed by atoms with Crippen molar-refractivity contribution in [2.24, 2.45) is 0 Å². The van der Waals surface area contributed by atoms with Crippen LogP contribution in [-0.4, -0.2) is 4.57 Å². The lowest BCUT2D eigenvalue weighted by Gasteiger charge is -2.05. The van der Waals surface area contributed by atoms with Crippen LogP contribution < -0.4 is 5.43 Å². The van der Waals surface area contributed by atoms with Crippen LogP contribution >= 0.6 is 15.9 Å². The van der Waals surface area contributed by atoms with Crippen molar-refractivity contribution in [1.29, 1.82) is 0 Å². The summed E-state index contributed by atoms with van der Waals surface area (Å²) in [5.74, 6) is 0.588. The van der Waals surface area contributed by atoms with E-state index in [1.165, 1.54) is 21.8 Å². The number of hydrogen-bond donors (Lipinski definition) is 0. The molecule has 0 amide bonds. The molecular weight excluding hydrogens is 402 g/mol. The minimum Gasteiger partial charge on any atom is -0.456 e. The van der Waals surface area contributed by atoms with Crippen LogP contribution in [0, 0.1) is 0 Å². The predicted molar refractivity (Wildman–Crippen MR) is 114 cm³/mol. The van der Waals surface area contributed by atoms with E-state index in [9.17, 15) is 4.79 Å². The quantitative estimate of drug-likeness (QED) is 0.335. The summed E-state index contributed by atoms with van der Waals surface area (Å²) in [5, 5.41) is 2.96. The highest BCUT2D eigenvalue weighted by Crippen LogP contribution is 2.33. The third-order valence-corrected chi connectivity index (χ3v) is 5.56. The maximum Gasteiger partial charge on any atom is 0.193 e. The number of aromatic nitrogens is 1. The average molecular weight is 418 g/mol. The Balaban J connectivity index is 1.79. The first kappa shape index (κ1) is 16.3. The lowest BCUT2D eigenvalue weighted by molar-refractivity contribution is 0.619. The van der Waals surface area contributed by atoms with Crippen LogP contribution in [0.2, 0.25) is 0 Å². The van der Waals surface area contributed by atoms with Gasteiger partial charge in [-0.25, -0.2) is 0 Å². The first-order chi connectivity index (χ1) is 13.2. The van der Waals surface area contributed by atoms with E-state index in [-0.39, 0.29) is 5.43 Å². The Morgan fingerprint density at radius 2 is 1.70 bits per heavy atom. The molecule has 0 fully saturated rings. The molecule has 0 unspecified atom stereocenters. The van der Waals surface area contributed by atoms with Crippen molar-refractivity contribution in [1.82, 2.24) is 4.57 Å². The third kappa shape index (κ3) is 2.52. The van der Waals surface area contributed by atoms with E-state index in [4.69, 9.17) is 4.42 Å². The minimum absolute atomic E-state index is 0.0383. The largest absolute Gasteiger partial charge is 0.456 e. The van der Waals surface area contributed by atoms with Crippen LogP contribution in [0.25, 0.3) is 44.1 Å². The van der Waals surface area contributed by atoms with Crippen LogP contribution in [0.15, 0.2) is 80.4 Å². The molecule has 2 heterocycles. The first-order valence-electron chi connectivity index (χ1n) is 8.90. The SMILES string of the molecule is CCn1c2ccccc2c2cc(-c3cc(=O)c4cc(Br)ccc4o3)ccc21. The van der Waals surface area contributed by atoms with E-state index in [1.54, 1.807) is 12.1 Å². The van der Waals surface area contributed by atoms with Gasteiger partial charge in [0.25, 0.3) is 0 Å². The average Bonchev–Trinajstić information content (AvgIpc) is 3.01. The normalized spacial score (nSPS) is 11.6. The fourth-order valence-electron chi connectivity index (χ4n) is 3.82. The maximum absolute atomic E-state index is 12.6. The molecule has 3 aromatic carbocycles. The van der Waals surface area contributed by atoms with Crippen molar-refractivity contribution < 1.29 is 4.42 Å². The van der Waals surface area contributed by atoms with Gasteiger partial charge in [-0.2, -0.15) is 0 Å². The van der Waals surface area contributed by atoms with Gasteiger partial charge in [0.15, 0.2) is 5.43 Å². The van der Waals surface area contributed by atoms with E-state index in [2.05, 4.69) is 63.8 Å². The number of para-hydroxylation sites is 1. The molecule has 2 aromatic heterocycles. The molecule has 0 saturated heterocycles. The van der Waals surface area contributed by atoms with Crippen molar-refractivity contribution in [2.45, 2.75) is 13.5 Å². The number of halogens is 1. The number of nitrogens with zero attached hydrogens (tertiary/aromatic N) is 1.